The Morgan fingerprint density at radius 2 is 2.26 bits per heavy atom. The number of aromatic nitrogens is 1. The van der Waals surface area contributed by atoms with Crippen LogP contribution in [0.3, 0.4) is 0 Å². The third-order valence-corrected chi connectivity index (χ3v) is 4.89. The number of nitrogens with zero attached hydrogens (tertiary/aromatic N) is 2. The number of halogens is 1. The normalized spacial score (nSPS) is 23.5. The summed E-state index contributed by atoms with van der Waals surface area (Å²) < 4.78 is 10.2. The first kappa shape index (κ1) is 14.6. The third-order valence-electron chi connectivity index (χ3n) is 3.41. The number of piperidine rings is 1. The van der Waals surface area contributed by atoms with Crippen LogP contribution in [-0.2, 0) is 9.47 Å². The molecule has 5 nitrogen and oxygen atoms in total. The van der Waals surface area contributed by atoms with E-state index in [9.17, 15) is 4.79 Å². The summed E-state index contributed by atoms with van der Waals surface area (Å²) in [7, 11) is 3.06. The maximum atomic E-state index is 11.5. The fraction of sp³-hybridized carbons (Fsp3) is 0.667. The molecule has 1 aliphatic rings. The lowest BCUT2D eigenvalue weighted by molar-refractivity contribution is 0.0498. The van der Waals surface area contributed by atoms with Crippen molar-refractivity contribution < 1.29 is 14.3 Å². The van der Waals surface area contributed by atoms with E-state index in [0.29, 0.717) is 10.8 Å². The summed E-state index contributed by atoms with van der Waals surface area (Å²) in [6, 6.07) is 0. The lowest BCUT2D eigenvalue weighted by Crippen LogP contribution is -2.43. The third kappa shape index (κ3) is 3.01. The van der Waals surface area contributed by atoms with Crippen LogP contribution in [0.5, 0.6) is 0 Å². The zero-order valence-corrected chi connectivity index (χ0v) is 12.8. The van der Waals surface area contributed by atoms with Gasteiger partial charge in [0.05, 0.1) is 13.2 Å². The van der Waals surface area contributed by atoms with Gasteiger partial charge in [-0.3, -0.25) is 0 Å². The molecule has 2 heterocycles. The fourth-order valence-corrected chi connectivity index (χ4v) is 3.39. The molecular weight excluding hydrogens is 288 g/mol. The van der Waals surface area contributed by atoms with Gasteiger partial charge >= 0.3 is 5.97 Å². The van der Waals surface area contributed by atoms with Crippen molar-refractivity contribution in [3.05, 3.63) is 10.0 Å². The second-order valence-corrected chi connectivity index (χ2v) is 5.93. The van der Waals surface area contributed by atoms with Gasteiger partial charge < -0.3 is 14.4 Å². The maximum Gasteiger partial charge on any atom is 0.351 e. The number of hydrogen-bond donors (Lipinski definition) is 0. The number of hydrogen-bond acceptors (Lipinski definition) is 6. The minimum atomic E-state index is -0.442. The van der Waals surface area contributed by atoms with Crippen molar-refractivity contribution in [1.29, 1.82) is 0 Å². The molecule has 1 fully saturated rings. The Bertz CT molecular complexity index is 466. The van der Waals surface area contributed by atoms with E-state index in [4.69, 9.17) is 16.3 Å². The summed E-state index contributed by atoms with van der Waals surface area (Å²) in [6.07, 6.45) is 1.21. The second kappa shape index (κ2) is 6.07. The van der Waals surface area contributed by atoms with Crippen molar-refractivity contribution >= 4 is 34.0 Å². The standard InChI is InChI=1S/C12H17ClN2O3S/c1-7-4-5-15(6-8(7)17-2)12-14-10(13)9(19-12)11(16)18-3/h7-8H,4-6H2,1-3H3. The Morgan fingerprint density at radius 3 is 2.89 bits per heavy atom. The number of ether oxygens (including phenoxy) is 2. The molecule has 106 valence electrons. The van der Waals surface area contributed by atoms with E-state index in [2.05, 4.69) is 21.5 Å². The molecule has 1 aromatic rings. The first-order valence-corrected chi connectivity index (χ1v) is 7.28. The molecule has 2 atom stereocenters. The molecular formula is C12H17ClN2O3S. The molecule has 7 heteroatoms. The number of carbonyl (C=O) groups excluding carboxylic acids is 1. The predicted molar refractivity (Wildman–Crippen MR) is 75.3 cm³/mol. The van der Waals surface area contributed by atoms with Crippen molar-refractivity contribution in [3.63, 3.8) is 0 Å². The topological polar surface area (TPSA) is 51.7 Å². The lowest BCUT2D eigenvalue weighted by atomic mass is 9.96. The van der Waals surface area contributed by atoms with Crippen LogP contribution in [0.15, 0.2) is 0 Å². The van der Waals surface area contributed by atoms with Crippen molar-refractivity contribution in [3.8, 4) is 0 Å². The monoisotopic (exact) mass is 304 g/mol. The summed E-state index contributed by atoms with van der Waals surface area (Å²) in [5.41, 5.74) is 0. The van der Waals surface area contributed by atoms with E-state index < -0.39 is 5.97 Å². The van der Waals surface area contributed by atoms with Gasteiger partial charge in [-0.2, -0.15) is 0 Å². The van der Waals surface area contributed by atoms with Crippen LogP contribution in [0.1, 0.15) is 23.0 Å². The van der Waals surface area contributed by atoms with Crippen molar-refractivity contribution in [2.45, 2.75) is 19.4 Å². The maximum absolute atomic E-state index is 11.5. The van der Waals surface area contributed by atoms with Crippen molar-refractivity contribution in [1.82, 2.24) is 4.98 Å². The van der Waals surface area contributed by atoms with Crippen LogP contribution in [0.4, 0.5) is 5.13 Å². The highest BCUT2D eigenvalue weighted by Gasteiger charge is 2.29. The van der Waals surface area contributed by atoms with Crippen molar-refractivity contribution in [2.24, 2.45) is 5.92 Å². The summed E-state index contributed by atoms with van der Waals surface area (Å²) in [5.74, 6) is 0.0826. The van der Waals surface area contributed by atoms with Crippen LogP contribution < -0.4 is 4.90 Å². The summed E-state index contributed by atoms with van der Waals surface area (Å²) in [5, 5.41) is 0.957. The molecule has 0 amide bonds. The van der Waals surface area contributed by atoms with Crippen LogP contribution in [0.2, 0.25) is 5.15 Å². The summed E-state index contributed by atoms with van der Waals surface area (Å²) >= 11 is 7.24. The van der Waals surface area contributed by atoms with E-state index in [1.807, 2.05) is 0 Å². The van der Waals surface area contributed by atoms with Gasteiger partial charge in [-0.1, -0.05) is 29.9 Å². The van der Waals surface area contributed by atoms with Gasteiger partial charge in [0.1, 0.15) is 0 Å². The van der Waals surface area contributed by atoms with Gasteiger partial charge in [0.25, 0.3) is 0 Å². The highest BCUT2D eigenvalue weighted by molar-refractivity contribution is 7.18. The largest absolute Gasteiger partial charge is 0.465 e. The summed E-state index contributed by atoms with van der Waals surface area (Å²) in [4.78, 5) is 18.2. The smallest absolute Gasteiger partial charge is 0.351 e. The van der Waals surface area contributed by atoms with Gasteiger partial charge in [0.15, 0.2) is 15.2 Å². The molecule has 0 N–H and O–H groups in total. The minimum absolute atomic E-state index is 0.179. The molecule has 1 aromatic heterocycles. The molecule has 0 bridgehead atoms. The zero-order chi connectivity index (χ0) is 14.0. The van der Waals surface area contributed by atoms with E-state index in [1.165, 1.54) is 18.4 Å². The predicted octanol–water partition coefficient (Wildman–Crippen LogP) is 2.44. The highest BCUT2D eigenvalue weighted by atomic mass is 35.5. The molecule has 19 heavy (non-hydrogen) atoms. The number of thiazole rings is 1. The van der Waals surface area contributed by atoms with E-state index in [0.717, 1.165) is 24.6 Å². The molecule has 0 aliphatic carbocycles. The highest BCUT2D eigenvalue weighted by Crippen LogP contribution is 2.33. The van der Waals surface area contributed by atoms with Gasteiger partial charge in [0, 0.05) is 20.2 Å². The van der Waals surface area contributed by atoms with E-state index in [1.54, 1.807) is 7.11 Å². The van der Waals surface area contributed by atoms with Gasteiger partial charge in [0.2, 0.25) is 0 Å². The Kier molecular flexibility index (Phi) is 4.65. The molecule has 0 spiro atoms. The molecule has 2 unspecified atom stereocenters. The van der Waals surface area contributed by atoms with E-state index in [-0.39, 0.29) is 11.3 Å². The van der Waals surface area contributed by atoms with Crippen LogP contribution in [0.25, 0.3) is 0 Å². The molecule has 2 rings (SSSR count). The molecule has 1 saturated heterocycles. The fourth-order valence-electron chi connectivity index (χ4n) is 2.16. The Morgan fingerprint density at radius 1 is 1.53 bits per heavy atom. The van der Waals surface area contributed by atoms with Gasteiger partial charge in [-0.05, 0) is 12.3 Å². The number of anilines is 1. The van der Waals surface area contributed by atoms with E-state index >= 15 is 0 Å². The number of rotatable bonds is 3. The Balaban J connectivity index is 2.16. The SMILES string of the molecule is COC(=O)c1sc(N2CCC(C)C(OC)C2)nc1Cl. The first-order valence-electron chi connectivity index (χ1n) is 6.09. The Hall–Kier alpha value is -0.850. The average molecular weight is 305 g/mol. The molecule has 0 aromatic carbocycles. The zero-order valence-electron chi connectivity index (χ0n) is 11.2. The average Bonchev–Trinajstić information content (AvgIpc) is 2.80. The van der Waals surface area contributed by atoms with Gasteiger partial charge in [-0.15, -0.1) is 0 Å². The second-order valence-electron chi connectivity index (χ2n) is 4.59. The quantitative estimate of drug-likeness (QED) is 0.803. The molecule has 1 aliphatic heterocycles. The first-order chi connectivity index (χ1) is 9.06. The van der Waals surface area contributed by atoms with Crippen LogP contribution >= 0.6 is 22.9 Å². The van der Waals surface area contributed by atoms with Crippen LogP contribution in [0, 0.1) is 5.92 Å². The summed E-state index contributed by atoms with van der Waals surface area (Å²) in [6.45, 7) is 3.84. The Labute approximate surface area is 121 Å². The molecule has 0 saturated carbocycles. The lowest BCUT2D eigenvalue weighted by Gasteiger charge is -2.35. The minimum Gasteiger partial charge on any atom is -0.465 e. The van der Waals surface area contributed by atoms with Crippen molar-refractivity contribution in [2.75, 3.05) is 32.2 Å². The van der Waals surface area contributed by atoms with Crippen LogP contribution in [-0.4, -0.2) is 44.4 Å². The molecule has 0 radical (unpaired) electrons. The number of methoxy groups -OCH3 is 2. The number of carbonyl (C=O) groups is 1. The van der Waals surface area contributed by atoms with Gasteiger partial charge in [-0.25, -0.2) is 9.78 Å². The number of esters is 1.